The molecule has 1 aromatic rings. The number of rotatable bonds is 3. The fourth-order valence-corrected chi connectivity index (χ4v) is 3.35. The second-order valence-corrected chi connectivity index (χ2v) is 7.68. The van der Waals surface area contributed by atoms with Crippen LogP contribution in [0.1, 0.15) is 44.4 Å². The lowest BCUT2D eigenvalue weighted by atomic mass is 10.1. The second-order valence-electron chi connectivity index (χ2n) is 6.24. The third-order valence-electron chi connectivity index (χ3n) is 3.19. The van der Waals surface area contributed by atoms with Gasteiger partial charge in [0.25, 0.3) is 0 Å². The number of fused-ring (bicyclic) bond motifs is 1. The van der Waals surface area contributed by atoms with Crippen LogP contribution in [0.3, 0.4) is 0 Å². The van der Waals surface area contributed by atoms with E-state index < -0.39 is 39.6 Å². The molecular weight excluding hydrogens is 330 g/mol. The van der Waals surface area contributed by atoms with Gasteiger partial charge in [-0.15, -0.1) is 0 Å². The number of hydrogen-bond acceptors (Lipinski definition) is 4. The van der Waals surface area contributed by atoms with Crippen molar-refractivity contribution in [3.8, 4) is 0 Å². The first-order valence-electron chi connectivity index (χ1n) is 6.98. The van der Waals surface area contributed by atoms with Crippen LogP contribution in [0.4, 0.5) is 13.6 Å². The topological polar surface area (TPSA) is 84.5 Å². The van der Waals surface area contributed by atoms with Crippen LogP contribution in [0.2, 0.25) is 0 Å². The van der Waals surface area contributed by atoms with Crippen molar-refractivity contribution >= 4 is 16.3 Å². The Morgan fingerprint density at radius 1 is 1.26 bits per heavy atom. The quantitative estimate of drug-likeness (QED) is 0.878. The number of ether oxygens (including phenoxy) is 1. The maximum absolute atomic E-state index is 13.9. The summed E-state index contributed by atoms with van der Waals surface area (Å²) in [6.45, 7) is 4.74. The van der Waals surface area contributed by atoms with Crippen LogP contribution < -0.4 is 9.44 Å². The Labute approximate surface area is 133 Å². The third-order valence-corrected chi connectivity index (χ3v) is 4.22. The standard InChI is InChI=1S/C14H18F2N2O4S/c1-14(2,3)22-13(19)18-23(20,21)17-11-7-4-8-9(15)5-6-10(16)12(8)11/h5-6,11,17H,4,7H2,1-3H3,(H,18,19). The number of carbonyl (C=O) groups excluding carboxylic acids is 1. The largest absolute Gasteiger partial charge is 0.443 e. The molecule has 1 aliphatic rings. The lowest BCUT2D eigenvalue weighted by Gasteiger charge is -2.20. The highest BCUT2D eigenvalue weighted by molar-refractivity contribution is 7.88. The van der Waals surface area contributed by atoms with E-state index in [1.165, 1.54) is 0 Å². The zero-order chi connectivity index (χ0) is 17.4. The SMILES string of the molecule is CC(C)(C)OC(=O)NS(=O)(=O)NC1CCc2c(F)ccc(F)c21. The Morgan fingerprint density at radius 2 is 1.87 bits per heavy atom. The fourth-order valence-electron chi connectivity index (χ4n) is 2.42. The summed E-state index contributed by atoms with van der Waals surface area (Å²) in [7, 11) is -4.27. The molecule has 1 unspecified atom stereocenters. The molecule has 2 rings (SSSR count). The van der Waals surface area contributed by atoms with Crippen molar-refractivity contribution in [3.05, 3.63) is 34.9 Å². The van der Waals surface area contributed by atoms with E-state index in [2.05, 4.69) is 4.72 Å². The zero-order valence-corrected chi connectivity index (χ0v) is 13.8. The molecule has 1 atom stereocenters. The summed E-state index contributed by atoms with van der Waals surface area (Å²) in [6.07, 6.45) is -0.746. The summed E-state index contributed by atoms with van der Waals surface area (Å²) >= 11 is 0. The lowest BCUT2D eigenvalue weighted by molar-refractivity contribution is 0.0569. The van der Waals surface area contributed by atoms with E-state index >= 15 is 0 Å². The first-order chi connectivity index (χ1) is 10.5. The molecule has 0 radical (unpaired) electrons. The summed E-state index contributed by atoms with van der Waals surface area (Å²) in [5, 5.41) is 0. The molecule has 23 heavy (non-hydrogen) atoms. The van der Waals surface area contributed by atoms with E-state index in [1.54, 1.807) is 25.5 Å². The van der Waals surface area contributed by atoms with E-state index in [9.17, 15) is 22.0 Å². The average Bonchev–Trinajstić information content (AvgIpc) is 2.74. The first-order valence-corrected chi connectivity index (χ1v) is 8.46. The highest BCUT2D eigenvalue weighted by atomic mass is 32.2. The smallest absolute Gasteiger partial charge is 0.422 e. The van der Waals surface area contributed by atoms with Crippen LogP contribution in [0.15, 0.2) is 12.1 Å². The number of halogens is 2. The minimum atomic E-state index is -4.27. The normalized spacial score (nSPS) is 17.7. The Morgan fingerprint density at radius 3 is 2.48 bits per heavy atom. The molecule has 0 bridgehead atoms. The number of hydrogen-bond donors (Lipinski definition) is 2. The van der Waals surface area contributed by atoms with Crippen molar-refractivity contribution in [3.63, 3.8) is 0 Å². The van der Waals surface area contributed by atoms with Crippen molar-refractivity contribution in [1.29, 1.82) is 0 Å². The molecule has 1 aliphatic carbocycles. The molecule has 128 valence electrons. The first kappa shape index (κ1) is 17.6. The summed E-state index contributed by atoms with van der Waals surface area (Å²) in [4.78, 5) is 11.5. The van der Waals surface area contributed by atoms with E-state index in [1.807, 2.05) is 0 Å². The van der Waals surface area contributed by atoms with E-state index in [0.29, 0.717) is 0 Å². The molecule has 0 fully saturated rings. The molecule has 0 saturated heterocycles. The highest BCUT2D eigenvalue weighted by Gasteiger charge is 2.32. The summed E-state index contributed by atoms with van der Waals surface area (Å²) in [5.74, 6) is -1.27. The summed E-state index contributed by atoms with van der Waals surface area (Å²) < 4.78 is 60.1. The molecule has 0 heterocycles. The van der Waals surface area contributed by atoms with Crippen LogP contribution in [0, 0.1) is 11.6 Å². The molecule has 1 amide bonds. The highest BCUT2D eigenvalue weighted by Crippen LogP contribution is 2.35. The van der Waals surface area contributed by atoms with Crippen LogP contribution >= 0.6 is 0 Å². The number of nitrogens with one attached hydrogen (secondary N) is 2. The number of amides is 1. The Bertz CT molecular complexity index is 729. The predicted octanol–water partition coefficient (Wildman–Crippen LogP) is 2.31. The molecule has 0 spiro atoms. The Hall–Kier alpha value is -1.74. The van der Waals surface area contributed by atoms with Gasteiger partial charge in [-0.3, -0.25) is 0 Å². The molecule has 1 aromatic carbocycles. The van der Waals surface area contributed by atoms with Gasteiger partial charge in [0.1, 0.15) is 17.2 Å². The van der Waals surface area contributed by atoms with Crippen LogP contribution in [-0.2, 0) is 21.4 Å². The lowest BCUT2D eigenvalue weighted by Crippen LogP contribution is -2.43. The van der Waals surface area contributed by atoms with Gasteiger partial charge in [-0.25, -0.2) is 18.3 Å². The molecular formula is C14H18F2N2O4S. The van der Waals surface area contributed by atoms with Gasteiger partial charge in [0.15, 0.2) is 0 Å². The molecule has 0 aliphatic heterocycles. The van der Waals surface area contributed by atoms with Gasteiger partial charge in [-0.2, -0.15) is 13.1 Å². The van der Waals surface area contributed by atoms with Crippen molar-refractivity contribution in [1.82, 2.24) is 9.44 Å². The van der Waals surface area contributed by atoms with Crippen molar-refractivity contribution in [2.24, 2.45) is 0 Å². The van der Waals surface area contributed by atoms with Gasteiger partial charge in [0.2, 0.25) is 0 Å². The number of benzene rings is 1. The summed E-state index contributed by atoms with van der Waals surface area (Å²) in [5.41, 5.74) is -0.746. The van der Waals surface area contributed by atoms with Gasteiger partial charge >= 0.3 is 16.3 Å². The van der Waals surface area contributed by atoms with E-state index in [4.69, 9.17) is 4.74 Å². The van der Waals surface area contributed by atoms with Gasteiger partial charge in [-0.05, 0) is 51.3 Å². The third kappa shape index (κ3) is 4.38. The van der Waals surface area contributed by atoms with Gasteiger partial charge in [0.05, 0.1) is 6.04 Å². The average molecular weight is 348 g/mol. The van der Waals surface area contributed by atoms with Gasteiger partial charge < -0.3 is 4.74 Å². The monoisotopic (exact) mass is 348 g/mol. The molecule has 6 nitrogen and oxygen atoms in total. The second kappa shape index (κ2) is 6.04. The van der Waals surface area contributed by atoms with E-state index in [-0.39, 0.29) is 24.0 Å². The van der Waals surface area contributed by atoms with Crippen molar-refractivity contribution < 1.29 is 26.7 Å². The van der Waals surface area contributed by atoms with Crippen LogP contribution in [-0.4, -0.2) is 20.1 Å². The molecule has 2 N–H and O–H groups in total. The molecule has 9 heteroatoms. The Balaban J connectivity index is 2.12. The maximum atomic E-state index is 13.9. The maximum Gasteiger partial charge on any atom is 0.422 e. The van der Waals surface area contributed by atoms with E-state index in [0.717, 1.165) is 12.1 Å². The minimum Gasteiger partial charge on any atom is -0.443 e. The fraction of sp³-hybridized carbons (Fsp3) is 0.500. The van der Waals surface area contributed by atoms with Crippen molar-refractivity contribution in [2.75, 3.05) is 0 Å². The predicted molar refractivity (Wildman–Crippen MR) is 78.8 cm³/mol. The van der Waals surface area contributed by atoms with Gasteiger partial charge in [-0.1, -0.05) is 0 Å². The molecule has 0 saturated carbocycles. The van der Waals surface area contributed by atoms with Crippen molar-refractivity contribution in [2.45, 2.75) is 45.3 Å². The Kier molecular flexibility index (Phi) is 4.63. The van der Waals surface area contributed by atoms with Crippen LogP contribution in [0.25, 0.3) is 0 Å². The van der Waals surface area contributed by atoms with Crippen LogP contribution in [0.5, 0.6) is 0 Å². The summed E-state index contributed by atoms with van der Waals surface area (Å²) in [6, 6.07) is 1.01. The zero-order valence-electron chi connectivity index (χ0n) is 12.9. The number of carbonyl (C=O) groups is 1. The minimum absolute atomic E-state index is 0.0282. The molecule has 0 aromatic heterocycles. The van der Waals surface area contributed by atoms with Gasteiger partial charge in [0, 0.05) is 5.56 Å².